The van der Waals surface area contributed by atoms with Gasteiger partial charge in [-0.05, 0) is 38.1 Å². The predicted octanol–water partition coefficient (Wildman–Crippen LogP) is 2.74. The molecular weight excluding hydrogens is 297 g/mol. The van der Waals surface area contributed by atoms with E-state index in [1.165, 1.54) is 12.8 Å². The smallest absolute Gasteiger partial charge is 0.255 e. The van der Waals surface area contributed by atoms with Crippen molar-refractivity contribution in [1.29, 1.82) is 0 Å². The number of nitrogens with two attached hydrogens (primary N) is 1. The Morgan fingerprint density at radius 1 is 1.35 bits per heavy atom. The first-order valence-electron chi connectivity index (χ1n) is 6.71. The van der Waals surface area contributed by atoms with Gasteiger partial charge in [-0.2, -0.15) is 0 Å². The first-order valence-corrected chi connectivity index (χ1v) is 7.47. The van der Waals surface area contributed by atoms with Crippen molar-refractivity contribution in [2.45, 2.75) is 12.8 Å². The summed E-state index contributed by atoms with van der Waals surface area (Å²) in [5.74, 6) is -0.150. The van der Waals surface area contributed by atoms with Crippen molar-refractivity contribution in [1.82, 2.24) is 9.80 Å². The van der Waals surface area contributed by atoms with Crippen molar-refractivity contribution in [3.8, 4) is 0 Å². The minimum Gasteiger partial charge on any atom is -0.399 e. The minimum absolute atomic E-state index is 0.150. The number of carbonyl (C=O) groups is 1. The number of likely N-dealkylation sites (N-methyl/N-ethyl adjacent to an activating group) is 1. The summed E-state index contributed by atoms with van der Waals surface area (Å²) in [5, 5.41) is 0.571. The fraction of sp³-hybridized carbons (Fsp3) is 0.500. The summed E-state index contributed by atoms with van der Waals surface area (Å²) in [7, 11) is 1.77. The van der Waals surface area contributed by atoms with E-state index in [1.807, 2.05) is 0 Å². The standard InChI is InChI=1S/C14H19Cl2N3O/c1-18(6-7-19-4-2-3-5-19)14(20)11-8-10(17)9-12(15)13(11)16/h8-9H,2-7,17H2,1H3. The largest absolute Gasteiger partial charge is 0.399 e. The molecule has 1 saturated heterocycles. The summed E-state index contributed by atoms with van der Waals surface area (Å²) in [6.45, 7) is 3.79. The molecule has 0 aliphatic carbocycles. The van der Waals surface area contributed by atoms with Crippen LogP contribution in [-0.2, 0) is 0 Å². The molecule has 1 fully saturated rings. The fourth-order valence-electron chi connectivity index (χ4n) is 2.37. The molecule has 1 aliphatic rings. The van der Waals surface area contributed by atoms with Gasteiger partial charge in [0.1, 0.15) is 0 Å². The molecule has 1 amide bonds. The highest BCUT2D eigenvalue weighted by Gasteiger charge is 2.19. The molecule has 1 aromatic carbocycles. The van der Waals surface area contributed by atoms with Gasteiger partial charge in [0.05, 0.1) is 15.6 Å². The van der Waals surface area contributed by atoms with Gasteiger partial charge in [-0.15, -0.1) is 0 Å². The Morgan fingerprint density at radius 2 is 2.00 bits per heavy atom. The van der Waals surface area contributed by atoms with Gasteiger partial charge >= 0.3 is 0 Å². The number of benzene rings is 1. The number of amides is 1. The number of anilines is 1. The molecule has 4 nitrogen and oxygen atoms in total. The van der Waals surface area contributed by atoms with Crippen LogP contribution in [0, 0.1) is 0 Å². The Hall–Kier alpha value is -0.970. The quantitative estimate of drug-likeness (QED) is 0.869. The summed E-state index contributed by atoms with van der Waals surface area (Å²) in [6, 6.07) is 3.12. The van der Waals surface area contributed by atoms with Crippen molar-refractivity contribution in [2.75, 3.05) is 39.0 Å². The summed E-state index contributed by atoms with van der Waals surface area (Å²) < 4.78 is 0. The number of nitrogens with zero attached hydrogens (tertiary/aromatic N) is 2. The molecule has 0 unspecified atom stereocenters. The van der Waals surface area contributed by atoms with Crippen LogP contribution in [0.3, 0.4) is 0 Å². The first-order chi connectivity index (χ1) is 9.49. The van der Waals surface area contributed by atoms with Gasteiger partial charge in [0.25, 0.3) is 5.91 Å². The van der Waals surface area contributed by atoms with E-state index in [4.69, 9.17) is 28.9 Å². The lowest BCUT2D eigenvalue weighted by Gasteiger charge is -2.22. The number of hydrogen-bond donors (Lipinski definition) is 1. The highest BCUT2D eigenvalue weighted by atomic mass is 35.5. The van der Waals surface area contributed by atoms with Crippen LogP contribution >= 0.6 is 23.2 Å². The van der Waals surface area contributed by atoms with E-state index in [0.717, 1.165) is 19.6 Å². The summed E-state index contributed by atoms with van der Waals surface area (Å²) in [6.07, 6.45) is 2.49. The number of hydrogen-bond acceptors (Lipinski definition) is 3. The van der Waals surface area contributed by atoms with Crippen LogP contribution in [0.25, 0.3) is 0 Å². The minimum atomic E-state index is -0.150. The molecule has 0 radical (unpaired) electrons. The van der Waals surface area contributed by atoms with Gasteiger partial charge in [-0.1, -0.05) is 23.2 Å². The zero-order valence-electron chi connectivity index (χ0n) is 11.5. The lowest BCUT2D eigenvalue weighted by atomic mass is 10.1. The molecule has 1 aliphatic heterocycles. The van der Waals surface area contributed by atoms with Gasteiger partial charge in [0.2, 0.25) is 0 Å². The monoisotopic (exact) mass is 315 g/mol. The van der Waals surface area contributed by atoms with Crippen molar-refractivity contribution >= 4 is 34.8 Å². The molecule has 0 bridgehead atoms. The van der Waals surface area contributed by atoms with Crippen LogP contribution in [0.2, 0.25) is 10.0 Å². The maximum Gasteiger partial charge on any atom is 0.255 e. The number of rotatable bonds is 4. The second-order valence-electron chi connectivity index (χ2n) is 5.14. The van der Waals surface area contributed by atoms with E-state index in [2.05, 4.69) is 4.90 Å². The average Bonchev–Trinajstić information content (AvgIpc) is 2.92. The van der Waals surface area contributed by atoms with Crippen molar-refractivity contribution in [2.24, 2.45) is 0 Å². The normalized spacial score (nSPS) is 15.6. The van der Waals surface area contributed by atoms with Gasteiger partial charge in [-0.25, -0.2) is 0 Å². The summed E-state index contributed by atoms with van der Waals surface area (Å²) in [4.78, 5) is 16.4. The summed E-state index contributed by atoms with van der Waals surface area (Å²) in [5.41, 5.74) is 6.52. The Balaban J connectivity index is 2.02. The molecule has 0 aromatic heterocycles. The van der Waals surface area contributed by atoms with E-state index in [0.29, 0.717) is 22.8 Å². The summed E-state index contributed by atoms with van der Waals surface area (Å²) >= 11 is 12.0. The Morgan fingerprint density at radius 3 is 2.65 bits per heavy atom. The van der Waals surface area contributed by atoms with Crippen molar-refractivity contribution < 1.29 is 4.79 Å². The SMILES string of the molecule is CN(CCN1CCCC1)C(=O)c1cc(N)cc(Cl)c1Cl. The molecule has 110 valence electrons. The topological polar surface area (TPSA) is 49.6 Å². The van der Waals surface area contributed by atoms with E-state index < -0.39 is 0 Å². The maximum atomic E-state index is 12.4. The van der Waals surface area contributed by atoms with E-state index >= 15 is 0 Å². The number of nitrogen functional groups attached to an aromatic ring is 1. The molecule has 0 saturated carbocycles. The second kappa shape index (κ2) is 6.66. The van der Waals surface area contributed by atoms with Crippen molar-refractivity contribution in [3.63, 3.8) is 0 Å². The first kappa shape index (κ1) is 15.4. The highest BCUT2D eigenvalue weighted by molar-refractivity contribution is 6.44. The zero-order valence-corrected chi connectivity index (χ0v) is 13.0. The van der Waals surface area contributed by atoms with Gasteiger partial charge < -0.3 is 15.5 Å². The molecule has 2 rings (SSSR count). The zero-order chi connectivity index (χ0) is 14.7. The molecule has 20 heavy (non-hydrogen) atoms. The van der Waals surface area contributed by atoms with Crippen LogP contribution in [0.4, 0.5) is 5.69 Å². The molecule has 1 heterocycles. The Bertz CT molecular complexity index is 501. The second-order valence-corrected chi connectivity index (χ2v) is 5.92. The molecule has 2 N–H and O–H groups in total. The van der Waals surface area contributed by atoms with Gasteiger partial charge in [0, 0.05) is 25.8 Å². The van der Waals surface area contributed by atoms with Crippen LogP contribution in [0.5, 0.6) is 0 Å². The van der Waals surface area contributed by atoms with E-state index in [1.54, 1.807) is 24.1 Å². The number of halogens is 2. The van der Waals surface area contributed by atoms with E-state index in [9.17, 15) is 4.79 Å². The fourth-order valence-corrected chi connectivity index (χ4v) is 2.79. The van der Waals surface area contributed by atoms with E-state index in [-0.39, 0.29) is 10.9 Å². The van der Waals surface area contributed by atoms with Crippen molar-refractivity contribution in [3.05, 3.63) is 27.7 Å². The molecule has 1 aromatic rings. The van der Waals surface area contributed by atoms with Crippen LogP contribution in [0.15, 0.2) is 12.1 Å². The highest BCUT2D eigenvalue weighted by Crippen LogP contribution is 2.29. The molecule has 0 atom stereocenters. The third kappa shape index (κ3) is 3.57. The van der Waals surface area contributed by atoms with Gasteiger partial charge in [0.15, 0.2) is 0 Å². The van der Waals surface area contributed by atoms with Crippen LogP contribution in [-0.4, -0.2) is 48.9 Å². The molecule has 6 heteroatoms. The average molecular weight is 316 g/mol. The molecule has 0 spiro atoms. The lowest BCUT2D eigenvalue weighted by molar-refractivity contribution is 0.0782. The van der Waals surface area contributed by atoms with Crippen LogP contribution < -0.4 is 5.73 Å². The lowest BCUT2D eigenvalue weighted by Crippen LogP contribution is -2.35. The third-order valence-electron chi connectivity index (χ3n) is 3.58. The maximum absolute atomic E-state index is 12.4. The Kier molecular flexibility index (Phi) is 5.13. The third-order valence-corrected chi connectivity index (χ3v) is 4.38. The predicted molar refractivity (Wildman–Crippen MR) is 83.5 cm³/mol. The van der Waals surface area contributed by atoms with Crippen LogP contribution in [0.1, 0.15) is 23.2 Å². The van der Waals surface area contributed by atoms with Gasteiger partial charge in [-0.3, -0.25) is 4.79 Å². The molecular formula is C14H19Cl2N3O. The Labute approximate surface area is 129 Å². The number of carbonyl (C=O) groups excluding carboxylic acids is 1. The number of likely N-dealkylation sites (tertiary alicyclic amines) is 1.